The summed E-state index contributed by atoms with van der Waals surface area (Å²) in [6.45, 7) is 3.61. The molecule has 4 aromatic rings. The van der Waals surface area contributed by atoms with Crippen LogP contribution in [0.1, 0.15) is 35.3 Å². The lowest BCUT2D eigenvalue weighted by Crippen LogP contribution is -2.35. The predicted octanol–water partition coefficient (Wildman–Crippen LogP) is 3.86. The molecule has 0 unspecified atom stereocenters. The van der Waals surface area contributed by atoms with Gasteiger partial charge in [0.15, 0.2) is 5.82 Å². The molecule has 1 aliphatic rings. The van der Waals surface area contributed by atoms with E-state index in [2.05, 4.69) is 25.4 Å². The second-order valence-corrected chi connectivity index (χ2v) is 7.73. The maximum absolute atomic E-state index is 12.7. The van der Waals surface area contributed by atoms with Crippen LogP contribution in [-0.4, -0.2) is 48.5 Å². The van der Waals surface area contributed by atoms with Crippen molar-refractivity contribution in [2.24, 2.45) is 0 Å². The third-order valence-electron chi connectivity index (χ3n) is 5.41. The number of pyridine rings is 1. The fraction of sp³-hybridized carbons (Fsp3) is 0.261. The predicted molar refractivity (Wildman–Crippen MR) is 118 cm³/mol. The summed E-state index contributed by atoms with van der Waals surface area (Å²) in [5.74, 6) is 1.93. The molecule has 0 bridgehead atoms. The third-order valence-corrected chi connectivity index (χ3v) is 5.41. The molecule has 0 radical (unpaired) electrons. The summed E-state index contributed by atoms with van der Waals surface area (Å²) in [6.07, 6.45) is 6.82. The van der Waals surface area contributed by atoms with Crippen molar-refractivity contribution in [2.75, 3.05) is 18.4 Å². The van der Waals surface area contributed by atoms with Crippen molar-refractivity contribution in [3.05, 3.63) is 66.1 Å². The molecule has 0 saturated carbocycles. The van der Waals surface area contributed by atoms with E-state index in [1.54, 1.807) is 16.9 Å². The SMILES string of the molecule is Cc1cc(Nc2ccc(C(=O)N3CCCCC3)cc2)n2nc(-c3cccnc3)nc2n1. The van der Waals surface area contributed by atoms with Gasteiger partial charge in [-0.3, -0.25) is 9.78 Å². The highest BCUT2D eigenvalue weighted by Crippen LogP contribution is 2.22. The van der Waals surface area contributed by atoms with E-state index in [9.17, 15) is 4.79 Å². The highest BCUT2D eigenvalue weighted by Gasteiger charge is 2.18. The van der Waals surface area contributed by atoms with E-state index in [-0.39, 0.29) is 5.91 Å². The molecule has 31 heavy (non-hydrogen) atoms. The molecule has 8 heteroatoms. The molecule has 0 spiro atoms. The van der Waals surface area contributed by atoms with Crippen LogP contribution in [0.2, 0.25) is 0 Å². The molecule has 1 saturated heterocycles. The Morgan fingerprint density at radius 3 is 2.58 bits per heavy atom. The van der Waals surface area contributed by atoms with Crippen molar-refractivity contribution in [3.8, 4) is 11.4 Å². The molecular weight excluding hydrogens is 390 g/mol. The van der Waals surface area contributed by atoms with Gasteiger partial charge in [0.25, 0.3) is 11.7 Å². The quantitative estimate of drug-likeness (QED) is 0.546. The zero-order valence-electron chi connectivity index (χ0n) is 17.3. The van der Waals surface area contributed by atoms with Gasteiger partial charge in [0, 0.05) is 54.1 Å². The maximum Gasteiger partial charge on any atom is 0.254 e. The Kier molecular flexibility index (Phi) is 5.03. The molecule has 1 N–H and O–H groups in total. The number of benzene rings is 1. The van der Waals surface area contributed by atoms with E-state index in [4.69, 9.17) is 0 Å². The van der Waals surface area contributed by atoms with E-state index in [0.29, 0.717) is 17.2 Å². The summed E-state index contributed by atoms with van der Waals surface area (Å²) in [7, 11) is 0. The van der Waals surface area contributed by atoms with E-state index >= 15 is 0 Å². The van der Waals surface area contributed by atoms with Crippen LogP contribution in [0.3, 0.4) is 0 Å². The van der Waals surface area contributed by atoms with Crippen molar-refractivity contribution in [1.82, 2.24) is 29.5 Å². The number of piperidine rings is 1. The zero-order chi connectivity index (χ0) is 21.2. The Morgan fingerprint density at radius 1 is 1.03 bits per heavy atom. The van der Waals surface area contributed by atoms with Crippen LogP contribution in [0.4, 0.5) is 11.5 Å². The number of aromatic nitrogens is 5. The molecule has 8 nitrogen and oxygen atoms in total. The highest BCUT2D eigenvalue weighted by molar-refractivity contribution is 5.94. The minimum absolute atomic E-state index is 0.103. The van der Waals surface area contributed by atoms with E-state index in [0.717, 1.165) is 48.7 Å². The van der Waals surface area contributed by atoms with Gasteiger partial charge in [-0.05, 0) is 62.6 Å². The molecule has 1 aromatic carbocycles. The Morgan fingerprint density at radius 2 is 1.84 bits per heavy atom. The summed E-state index contributed by atoms with van der Waals surface area (Å²) in [4.78, 5) is 27.8. The number of likely N-dealkylation sites (tertiary alicyclic amines) is 1. The first kappa shape index (κ1) is 19.2. The van der Waals surface area contributed by atoms with Crippen LogP contribution < -0.4 is 5.32 Å². The number of nitrogens with one attached hydrogen (secondary N) is 1. The molecule has 156 valence electrons. The molecule has 5 rings (SSSR count). The van der Waals surface area contributed by atoms with Crippen molar-refractivity contribution in [1.29, 1.82) is 0 Å². The summed E-state index contributed by atoms with van der Waals surface area (Å²) >= 11 is 0. The average molecular weight is 413 g/mol. The lowest BCUT2D eigenvalue weighted by atomic mass is 10.1. The monoisotopic (exact) mass is 413 g/mol. The number of fused-ring (bicyclic) bond motifs is 1. The molecule has 1 amide bonds. The zero-order valence-corrected chi connectivity index (χ0v) is 17.3. The first-order valence-electron chi connectivity index (χ1n) is 10.5. The second-order valence-electron chi connectivity index (χ2n) is 7.73. The number of anilines is 2. The summed E-state index contributed by atoms with van der Waals surface area (Å²) in [5.41, 5.74) is 3.23. The summed E-state index contributed by atoms with van der Waals surface area (Å²) in [5, 5.41) is 7.99. The molecule has 1 aliphatic heterocycles. The van der Waals surface area contributed by atoms with Gasteiger partial charge in [-0.1, -0.05) is 0 Å². The number of hydrogen-bond donors (Lipinski definition) is 1. The van der Waals surface area contributed by atoms with Gasteiger partial charge < -0.3 is 10.2 Å². The van der Waals surface area contributed by atoms with E-state index in [1.807, 2.05) is 54.3 Å². The second kappa shape index (κ2) is 8.14. The minimum Gasteiger partial charge on any atom is -0.340 e. The smallest absolute Gasteiger partial charge is 0.254 e. The van der Waals surface area contributed by atoms with Crippen LogP contribution in [0.25, 0.3) is 17.2 Å². The largest absolute Gasteiger partial charge is 0.340 e. The lowest BCUT2D eigenvalue weighted by Gasteiger charge is -2.26. The highest BCUT2D eigenvalue weighted by atomic mass is 16.2. The summed E-state index contributed by atoms with van der Waals surface area (Å²) in [6, 6.07) is 13.3. The van der Waals surface area contributed by atoms with Gasteiger partial charge in [-0.25, -0.2) is 4.98 Å². The Balaban J connectivity index is 1.41. The van der Waals surface area contributed by atoms with Gasteiger partial charge in [0.05, 0.1) is 0 Å². The van der Waals surface area contributed by atoms with Crippen molar-refractivity contribution >= 4 is 23.2 Å². The van der Waals surface area contributed by atoms with Gasteiger partial charge in [0.2, 0.25) is 0 Å². The molecule has 1 fully saturated rings. The molecule has 4 heterocycles. The number of carbonyl (C=O) groups excluding carboxylic acids is 1. The maximum atomic E-state index is 12.7. The number of carbonyl (C=O) groups is 1. The van der Waals surface area contributed by atoms with Crippen LogP contribution in [-0.2, 0) is 0 Å². The Hall–Kier alpha value is -3.81. The Bertz CT molecular complexity index is 1210. The van der Waals surface area contributed by atoms with Crippen molar-refractivity contribution in [2.45, 2.75) is 26.2 Å². The Labute approximate surface area is 180 Å². The van der Waals surface area contributed by atoms with Crippen LogP contribution in [0, 0.1) is 6.92 Å². The lowest BCUT2D eigenvalue weighted by molar-refractivity contribution is 0.0724. The normalized spacial score (nSPS) is 14.0. The number of nitrogens with zero attached hydrogens (tertiary/aromatic N) is 6. The van der Waals surface area contributed by atoms with Crippen LogP contribution >= 0.6 is 0 Å². The standard InChI is InChI=1S/C23H23N7O/c1-16-14-20(30-23(25-16)27-21(28-30)18-6-5-11-24-15-18)26-19-9-7-17(8-10-19)22(31)29-12-3-2-4-13-29/h5-11,14-15,26H,2-4,12-13H2,1H3. The third kappa shape index (κ3) is 3.96. The molecule has 3 aromatic heterocycles. The fourth-order valence-corrected chi connectivity index (χ4v) is 3.82. The van der Waals surface area contributed by atoms with Crippen molar-refractivity contribution < 1.29 is 4.79 Å². The molecule has 0 atom stereocenters. The van der Waals surface area contributed by atoms with Crippen molar-refractivity contribution in [3.63, 3.8) is 0 Å². The van der Waals surface area contributed by atoms with Gasteiger partial charge in [0.1, 0.15) is 5.82 Å². The van der Waals surface area contributed by atoms with Crippen LogP contribution in [0.5, 0.6) is 0 Å². The van der Waals surface area contributed by atoms with Crippen LogP contribution in [0.15, 0.2) is 54.9 Å². The first-order valence-corrected chi connectivity index (χ1v) is 10.5. The average Bonchev–Trinajstić information content (AvgIpc) is 3.24. The molecular formula is C23H23N7O. The van der Waals surface area contributed by atoms with E-state index < -0.39 is 0 Å². The van der Waals surface area contributed by atoms with E-state index in [1.165, 1.54) is 6.42 Å². The van der Waals surface area contributed by atoms with Gasteiger partial charge >= 0.3 is 0 Å². The van der Waals surface area contributed by atoms with Gasteiger partial charge in [-0.2, -0.15) is 9.50 Å². The number of aryl methyl sites for hydroxylation is 1. The fourth-order valence-electron chi connectivity index (χ4n) is 3.82. The topological polar surface area (TPSA) is 88.3 Å². The number of amides is 1. The summed E-state index contributed by atoms with van der Waals surface area (Å²) < 4.78 is 1.68. The first-order chi connectivity index (χ1) is 15.2. The number of hydrogen-bond acceptors (Lipinski definition) is 6. The number of rotatable bonds is 4. The molecule has 0 aliphatic carbocycles. The van der Waals surface area contributed by atoms with Gasteiger partial charge in [-0.15, -0.1) is 5.10 Å². The minimum atomic E-state index is 0.103.